The van der Waals surface area contributed by atoms with Crippen molar-refractivity contribution in [2.24, 2.45) is 11.8 Å². The molecule has 1 aromatic heterocycles. The Morgan fingerprint density at radius 2 is 2.00 bits per heavy atom. The third-order valence-electron chi connectivity index (χ3n) is 6.12. The standard InChI is InChI=1S/C19H28N4O2/c1-14-20-7-11-21(14)8-4-15-5-9-22(10-6-15)19(25)16-12-18(24)23(13-16)17-2-3-17/h7,11,15-17H,2-6,8-10,12-13H2,1H3/t16-/m0/s1. The summed E-state index contributed by atoms with van der Waals surface area (Å²) in [7, 11) is 0. The predicted octanol–water partition coefficient (Wildman–Crippen LogP) is 1.83. The molecular weight excluding hydrogens is 316 g/mol. The molecule has 3 heterocycles. The molecule has 0 radical (unpaired) electrons. The van der Waals surface area contributed by atoms with E-state index in [0.29, 0.717) is 24.9 Å². The van der Waals surface area contributed by atoms with Crippen LogP contribution in [0.4, 0.5) is 0 Å². The van der Waals surface area contributed by atoms with Gasteiger partial charge in [-0.25, -0.2) is 4.98 Å². The molecule has 2 amide bonds. The lowest BCUT2D eigenvalue weighted by Crippen LogP contribution is -2.42. The second kappa shape index (κ2) is 6.81. The zero-order valence-electron chi connectivity index (χ0n) is 15.1. The van der Waals surface area contributed by atoms with Gasteiger partial charge in [-0.3, -0.25) is 9.59 Å². The number of aryl methyl sites for hydroxylation is 2. The molecule has 2 saturated heterocycles. The summed E-state index contributed by atoms with van der Waals surface area (Å²) >= 11 is 0. The third kappa shape index (κ3) is 3.58. The minimum absolute atomic E-state index is 0.0988. The quantitative estimate of drug-likeness (QED) is 0.819. The fourth-order valence-electron chi connectivity index (χ4n) is 4.30. The molecule has 4 rings (SSSR count). The van der Waals surface area contributed by atoms with E-state index >= 15 is 0 Å². The van der Waals surface area contributed by atoms with Crippen LogP contribution >= 0.6 is 0 Å². The zero-order valence-corrected chi connectivity index (χ0v) is 15.1. The Kier molecular flexibility index (Phi) is 4.52. The van der Waals surface area contributed by atoms with Gasteiger partial charge in [0.2, 0.25) is 11.8 Å². The van der Waals surface area contributed by atoms with Gasteiger partial charge in [0, 0.05) is 51.0 Å². The van der Waals surface area contributed by atoms with Crippen LogP contribution in [0.2, 0.25) is 0 Å². The van der Waals surface area contributed by atoms with Gasteiger partial charge in [0.05, 0.1) is 5.92 Å². The van der Waals surface area contributed by atoms with Gasteiger partial charge in [-0.1, -0.05) is 0 Å². The lowest BCUT2D eigenvalue weighted by atomic mass is 9.92. The molecule has 0 N–H and O–H groups in total. The maximum absolute atomic E-state index is 12.8. The van der Waals surface area contributed by atoms with Gasteiger partial charge < -0.3 is 14.4 Å². The van der Waals surface area contributed by atoms with E-state index in [1.54, 1.807) is 0 Å². The van der Waals surface area contributed by atoms with Gasteiger partial charge in [0.1, 0.15) is 5.82 Å². The zero-order chi connectivity index (χ0) is 17.4. The fraction of sp³-hybridized carbons (Fsp3) is 0.737. The smallest absolute Gasteiger partial charge is 0.227 e. The SMILES string of the molecule is Cc1nccn1CCC1CCN(C(=O)[C@H]2CC(=O)N(C3CC3)C2)CC1. The Hall–Kier alpha value is -1.85. The number of carbonyl (C=O) groups is 2. The van der Waals surface area contributed by atoms with Crippen molar-refractivity contribution < 1.29 is 9.59 Å². The minimum Gasteiger partial charge on any atom is -0.342 e. The Bertz CT molecular complexity index is 644. The number of amides is 2. The molecule has 1 aliphatic carbocycles. The van der Waals surface area contributed by atoms with Gasteiger partial charge in [-0.2, -0.15) is 0 Å². The Labute approximate surface area is 149 Å². The lowest BCUT2D eigenvalue weighted by molar-refractivity contribution is -0.137. The molecule has 0 unspecified atom stereocenters. The molecule has 6 nitrogen and oxygen atoms in total. The van der Waals surface area contributed by atoms with Gasteiger partial charge in [0.15, 0.2) is 0 Å². The number of likely N-dealkylation sites (tertiary alicyclic amines) is 2. The monoisotopic (exact) mass is 344 g/mol. The molecule has 3 fully saturated rings. The maximum Gasteiger partial charge on any atom is 0.227 e. The van der Waals surface area contributed by atoms with Gasteiger partial charge >= 0.3 is 0 Å². The van der Waals surface area contributed by atoms with Crippen LogP contribution in [0.15, 0.2) is 12.4 Å². The number of carbonyl (C=O) groups excluding carboxylic acids is 2. The number of hydrogen-bond donors (Lipinski definition) is 0. The van der Waals surface area contributed by atoms with E-state index in [-0.39, 0.29) is 17.7 Å². The summed E-state index contributed by atoms with van der Waals surface area (Å²) in [6.45, 7) is 5.40. The molecule has 1 atom stereocenters. The van der Waals surface area contributed by atoms with Crippen LogP contribution in [0.5, 0.6) is 0 Å². The lowest BCUT2D eigenvalue weighted by Gasteiger charge is -2.33. The van der Waals surface area contributed by atoms with Crippen molar-refractivity contribution in [2.45, 2.75) is 58.0 Å². The molecule has 6 heteroatoms. The molecule has 0 spiro atoms. The summed E-state index contributed by atoms with van der Waals surface area (Å²) in [5.74, 6) is 2.04. The topological polar surface area (TPSA) is 58.4 Å². The van der Waals surface area contributed by atoms with Crippen LogP contribution in [0.1, 0.15) is 44.3 Å². The highest BCUT2D eigenvalue weighted by Crippen LogP contribution is 2.33. The number of piperidine rings is 1. The maximum atomic E-state index is 12.8. The summed E-state index contributed by atoms with van der Waals surface area (Å²) in [5.41, 5.74) is 0. The summed E-state index contributed by atoms with van der Waals surface area (Å²) in [6, 6.07) is 0.433. The second-order valence-electron chi connectivity index (χ2n) is 7.90. The van der Waals surface area contributed by atoms with Gasteiger partial charge in [0.25, 0.3) is 0 Å². The first kappa shape index (κ1) is 16.6. The largest absolute Gasteiger partial charge is 0.342 e. The van der Waals surface area contributed by atoms with Crippen molar-refractivity contribution in [1.29, 1.82) is 0 Å². The van der Waals surface area contributed by atoms with Crippen molar-refractivity contribution in [1.82, 2.24) is 19.4 Å². The van der Waals surface area contributed by atoms with Crippen molar-refractivity contribution in [3.8, 4) is 0 Å². The molecule has 25 heavy (non-hydrogen) atoms. The Balaban J connectivity index is 1.23. The first-order valence-corrected chi connectivity index (χ1v) is 9.68. The molecule has 136 valence electrons. The first-order chi connectivity index (χ1) is 12.1. The first-order valence-electron chi connectivity index (χ1n) is 9.68. The van der Waals surface area contributed by atoms with E-state index in [4.69, 9.17) is 0 Å². The molecular formula is C19H28N4O2. The average Bonchev–Trinajstić information content (AvgIpc) is 3.27. The Morgan fingerprint density at radius 3 is 2.64 bits per heavy atom. The highest BCUT2D eigenvalue weighted by Gasteiger charge is 2.43. The molecule has 1 aromatic rings. The van der Waals surface area contributed by atoms with E-state index < -0.39 is 0 Å². The van der Waals surface area contributed by atoms with E-state index in [1.807, 2.05) is 29.1 Å². The molecule has 0 aromatic carbocycles. The van der Waals surface area contributed by atoms with Crippen molar-refractivity contribution in [3.05, 3.63) is 18.2 Å². The second-order valence-corrected chi connectivity index (χ2v) is 7.90. The number of aromatic nitrogens is 2. The molecule has 0 bridgehead atoms. The molecule has 3 aliphatic rings. The van der Waals surface area contributed by atoms with E-state index in [2.05, 4.69) is 9.55 Å². The van der Waals surface area contributed by atoms with Gasteiger partial charge in [-0.05, 0) is 44.9 Å². The van der Waals surface area contributed by atoms with Crippen molar-refractivity contribution >= 4 is 11.8 Å². The third-order valence-corrected chi connectivity index (χ3v) is 6.12. The minimum atomic E-state index is -0.0988. The molecule has 2 aliphatic heterocycles. The van der Waals surface area contributed by atoms with Crippen LogP contribution in [-0.4, -0.2) is 56.8 Å². The van der Waals surface area contributed by atoms with Crippen molar-refractivity contribution in [2.75, 3.05) is 19.6 Å². The van der Waals surface area contributed by atoms with Crippen LogP contribution in [0, 0.1) is 18.8 Å². The van der Waals surface area contributed by atoms with E-state index in [0.717, 1.165) is 57.6 Å². The normalized spacial score (nSPS) is 25.0. The summed E-state index contributed by atoms with van der Waals surface area (Å²) in [6.07, 6.45) is 9.86. The summed E-state index contributed by atoms with van der Waals surface area (Å²) in [4.78, 5) is 33.1. The summed E-state index contributed by atoms with van der Waals surface area (Å²) < 4.78 is 2.20. The highest BCUT2D eigenvalue weighted by atomic mass is 16.2. The summed E-state index contributed by atoms with van der Waals surface area (Å²) in [5, 5.41) is 0. The van der Waals surface area contributed by atoms with Crippen LogP contribution < -0.4 is 0 Å². The van der Waals surface area contributed by atoms with E-state index in [9.17, 15) is 9.59 Å². The number of rotatable bonds is 5. The van der Waals surface area contributed by atoms with Crippen molar-refractivity contribution in [3.63, 3.8) is 0 Å². The predicted molar refractivity (Wildman–Crippen MR) is 93.7 cm³/mol. The van der Waals surface area contributed by atoms with Crippen LogP contribution in [0.3, 0.4) is 0 Å². The number of hydrogen-bond acceptors (Lipinski definition) is 3. The fourth-order valence-corrected chi connectivity index (χ4v) is 4.30. The number of nitrogens with zero attached hydrogens (tertiary/aromatic N) is 4. The van der Waals surface area contributed by atoms with Gasteiger partial charge in [-0.15, -0.1) is 0 Å². The average molecular weight is 344 g/mol. The van der Waals surface area contributed by atoms with Crippen LogP contribution in [0.25, 0.3) is 0 Å². The number of imidazole rings is 1. The van der Waals surface area contributed by atoms with E-state index in [1.165, 1.54) is 0 Å². The Morgan fingerprint density at radius 1 is 1.24 bits per heavy atom. The molecule has 1 saturated carbocycles. The van der Waals surface area contributed by atoms with Crippen LogP contribution in [-0.2, 0) is 16.1 Å². The highest BCUT2D eigenvalue weighted by molar-refractivity contribution is 5.89.